The number of alkyl carbamates (subject to hydrolysis) is 1. The molecule has 0 bridgehead atoms. The number of piperidine rings is 1. The number of anilines is 1. The van der Waals surface area contributed by atoms with Gasteiger partial charge in [-0.1, -0.05) is 6.07 Å². The minimum atomic E-state index is -0.542. The van der Waals surface area contributed by atoms with Crippen LogP contribution in [0, 0.1) is 5.82 Å². The van der Waals surface area contributed by atoms with Gasteiger partial charge in [0.25, 0.3) is 0 Å². The standard InChI is InChI=1S/C17H22FN3O3/c1-17(2,3)24-16(23)20-12-7-9-21(10-8-12)15-13(18)5-4-6-14(15)19-11-22/h4-6,12H,7-10H2,1-3H3,(H,20,23). The number of carbonyl (C=O) groups is 1. The quantitative estimate of drug-likeness (QED) is 0.680. The third kappa shape index (κ3) is 4.80. The van der Waals surface area contributed by atoms with Crippen LogP contribution >= 0.6 is 0 Å². The Kier molecular flexibility index (Phi) is 5.57. The zero-order valence-electron chi connectivity index (χ0n) is 14.1. The van der Waals surface area contributed by atoms with Crippen LogP contribution in [0.1, 0.15) is 33.6 Å². The van der Waals surface area contributed by atoms with E-state index in [0.29, 0.717) is 31.6 Å². The molecular weight excluding hydrogens is 313 g/mol. The molecule has 1 aliphatic rings. The predicted octanol–water partition coefficient (Wildman–Crippen LogP) is 3.29. The monoisotopic (exact) mass is 335 g/mol. The van der Waals surface area contributed by atoms with Crippen LogP contribution in [0.25, 0.3) is 0 Å². The summed E-state index contributed by atoms with van der Waals surface area (Å²) in [7, 11) is 0. The third-order valence-electron chi connectivity index (χ3n) is 3.66. The second-order valence-electron chi connectivity index (χ2n) is 6.72. The molecule has 1 fully saturated rings. The van der Waals surface area contributed by atoms with Gasteiger partial charge in [0, 0.05) is 19.1 Å². The fourth-order valence-corrected chi connectivity index (χ4v) is 2.68. The zero-order valence-corrected chi connectivity index (χ0v) is 14.1. The number of aliphatic imine (C=N–C) groups is 1. The summed E-state index contributed by atoms with van der Waals surface area (Å²) < 4.78 is 19.4. The van der Waals surface area contributed by atoms with E-state index in [2.05, 4.69) is 10.3 Å². The van der Waals surface area contributed by atoms with Crippen molar-refractivity contribution in [3.05, 3.63) is 24.0 Å². The van der Waals surface area contributed by atoms with Crippen LogP contribution in [0.2, 0.25) is 0 Å². The molecule has 0 atom stereocenters. The number of carbonyl (C=O) groups excluding carboxylic acids is 2. The van der Waals surface area contributed by atoms with E-state index in [1.807, 2.05) is 25.7 Å². The van der Waals surface area contributed by atoms with Crippen molar-refractivity contribution in [2.75, 3.05) is 18.0 Å². The maximum absolute atomic E-state index is 14.1. The van der Waals surface area contributed by atoms with Crippen LogP contribution in [-0.4, -0.2) is 36.9 Å². The van der Waals surface area contributed by atoms with Gasteiger partial charge in [0.2, 0.25) is 6.08 Å². The van der Waals surface area contributed by atoms with Crippen molar-refractivity contribution in [3.8, 4) is 0 Å². The molecule has 0 saturated carbocycles. The molecule has 7 heteroatoms. The summed E-state index contributed by atoms with van der Waals surface area (Å²) in [5, 5.41) is 2.83. The highest BCUT2D eigenvalue weighted by molar-refractivity contribution is 5.71. The Balaban J connectivity index is 1.99. The number of ether oxygens (including phenoxy) is 1. The summed E-state index contributed by atoms with van der Waals surface area (Å²) >= 11 is 0. The smallest absolute Gasteiger partial charge is 0.407 e. The SMILES string of the molecule is CC(C)(C)OC(=O)NC1CCN(c2c(F)cccc2N=C=O)CC1. The van der Waals surface area contributed by atoms with Crippen molar-refractivity contribution in [2.45, 2.75) is 45.3 Å². The van der Waals surface area contributed by atoms with Gasteiger partial charge in [0.05, 0.1) is 5.69 Å². The molecule has 1 amide bonds. The Morgan fingerprint density at radius 3 is 2.62 bits per heavy atom. The average molecular weight is 335 g/mol. The maximum Gasteiger partial charge on any atom is 0.407 e. The minimum absolute atomic E-state index is 0.0269. The highest BCUT2D eigenvalue weighted by Gasteiger charge is 2.26. The van der Waals surface area contributed by atoms with E-state index in [9.17, 15) is 14.0 Å². The summed E-state index contributed by atoms with van der Waals surface area (Å²) in [5.74, 6) is -0.426. The Bertz CT molecular complexity index is 643. The number of halogens is 1. The molecule has 0 unspecified atom stereocenters. The number of benzene rings is 1. The largest absolute Gasteiger partial charge is 0.444 e. The van der Waals surface area contributed by atoms with Gasteiger partial charge in [-0.15, -0.1) is 0 Å². The van der Waals surface area contributed by atoms with Crippen molar-refractivity contribution < 1.29 is 18.7 Å². The molecule has 1 aromatic rings. The molecule has 1 N–H and O–H groups in total. The van der Waals surface area contributed by atoms with E-state index in [1.54, 1.807) is 6.07 Å². The van der Waals surface area contributed by atoms with Crippen molar-refractivity contribution in [1.82, 2.24) is 5.32 Å². The molecule has 1 aliphatic heterocycles. The van der Waals surface area contributed by atoms with Crippen LogP contribution in [0.5, 0.6) is 0 Å². The van der Waals surface area contributed by atoms with Crippen LogP contribution in [0.4, 0.5) is 20.6 Å². The normalized spacial score (nSPS) is 15.6. The molecule has 0 aromatic heterocycles. The summed E-state index contributed by atoms with van der Waals surface area (Å²) in [6, 6.07) is 4.39. The van der Waals surface area contributed by atoms with Crippen molar-refractivity contribution >= 4 is 23.5 Å². The number of para-hydroxylation sites is 1. The lowest BCUT2D eigenvalue weighted by atomic mass is 10.0. The maximum atomic E-state index is 14.1. The Morgan fingerprint density at radius 2 is 2.04 bits per heavy atom. The minimum Gasteiger partial charge on any atom is -0.444 e. The van der Waals surface area contributed by atoms with Crippen LogP contribution in [0.3, 0.4) is 0 Å². The molecule has 0 radical (unpaired) electrons. The molecule has 0 spiro atoms. The molecule has 1 saturated heterocycles. The first-order chi connectivity index (χ1) is 11.3. The Labute approximate surface area is 140 Å². The van der Waals surface area contributed by atoms with Gasteiger partial charge in [0.15, 0.2) is 0 Å². The second-order valence-corrected chi connectivity index (χ2v) is 6.72. The number of amides is 1. The summed E-state index contributed by atoms with van der Waals surface area (Å²) in [4.78, 5) is 27.7. The zero-order chi connectivity index (χ0) is 17.7. The molecule has 6 nitrogen and oxygen atoms in total. The molecule has 2 rings (SSSR count). The highest BCUT2D eigenvalue weighted by atomic mass is 19.1. The third-order valence-corrected chi connectivity index (χ3v) is 3.66. The molecule has 130 valence electrons. The van der Waals surface area contributed by atoms with Crippen LogP contribution in [-0.2, 0) is 9.53 Å². The van der Waals surface area contributed by atoms with Gasteiger partial charge in [-0.25, -0.2) is 14.0 Å². The lowest BCUT2D eigenvalue weighted by Gasteiger charge is -2.34. The van der Waals surface area contributed by atoms with E-state index >= 15 is 0 Å². The fraction of sp³-hybridized carbons (Fsp3) is 0.529. The lowest BCUT2D eigenvalue weighted by molar-refractivity contribution is 0.0497. The van der Waals surface area contributed by atoms with E-state index in [4.69, 9.17) is 4.74 Å². The highest BCUT2D eigenvalue weighted by Crippen LogP contribution is 2.33. The molecule has 1 aromatic carbocycles. The summed E-state index contributed by atoms with van der Waals surface area (Å²) in [6.07, 6.45) is 2.31. The van der Waals surface area contributed by atoms with Crippen molar-refractivity contribution in [1.29, 1.82) is 0 Å². The number of nitrogens with zero attached hydrogens (tertiary/aromatic N) is 2. The fourth-order valence-electron chi connectivity index (χ4n) is 2.68. The van der Waals surface area contributed by atoms with Crippen LogP contribution < -0.4 is 10.2 Å². The van der Waals surface area contributed by atoms with E-state index < -0.39 is 17.5 Å². The van der Waals surface area contributed by atoms with E-state index in [-0.39, 0.29) is 11.7 Å². The number of hydrogen-bond donors (Lipinski definition) is 1. The predicted molar refractivity (Wildman–Crippen MR) is 88.8 cm³/mol. The van der Waals surface area contributed by atoms with E-state index in [0.717, 1.165) is 0 Å². The van der Waals surface area contributed by atoms with Crippen molar-refractivity contribution in [3.63, 3.8) is 0 Å². The first kappa shape index (κ1) is 17.9. The molecule has 0 aliphatic carbocycles. The van der Waals surface area contributed by atoms with Gasteiger partial charge in [-0.3, -0.25) is 0 Å². The molecule has 24 heavy (non-hydrogen) atoms. The van der Waals surface area contributed by atoms with E-state index in [1.165, 1.54) is 18.2 Å². The summed E-state index contributed by atoms with van der Waals surface area (Å²) in [5.41, 5.74) is 0.0276. The number of rotatable bonds is 3. The van der Waals surface area contributed by atoms with Gasteiger partial charge >= 0.3 is 6.09 Å². The number of nitrogens with one attached hydrogen (secondary N) is 1. The first-order valence-electron chi connectivity index (χ1n) is 7.91. The lowest BCUT2D eigenvalue weighted by Crippen LogP contribution is -2.46. The Hall–Kier alpha value is -2.40. The van der Waals surface area contributed by atoms with Gasteiger partial charge in [-0.05, 0) is 45.7 Å². The topological polar surface area (TPSA) is 71.0 Å². The van der Waals surface area contributed by atoms with Gasteiger partial charge in [-0.2, -0.15) is 4.99 Å². The second kappa shape index (κ2) is 7.45. The van der Waals surface area contributed by atoms with Crippen LogP contribution in [0.15, 0.2) is 23.2 Å². The average Bonchev–Trinajstić information content (AvgIpc) is 2.47. The number of isocyanates is 1. The van der Waals surface area contributed by atoms with Gasteiger partial charge in [0.1, 0.15) is 17.1 Å². The van der Waals surface area contributed by atoms with Gasteiger partial charge < -0.3 is 15.0 Å². The Morgan fingerprint density at radius 1 is 1.38 bits per heavy atom. The van der Waals surface area contributed by atoms with Crippen molar-refractivity contribution in [2.24, 2.45) is 4.99 Å². The first-order valence-corrected chi connectivity index (χ1v) is 7.91. The molecular formula is C17H22FN3O3. The molecule has 1 heterocycles. The number of hydrogen-bond acceptors (Lipinski definition) is 5. The summed E-state index contributed by atoms with van der Waals surface area (Å²) in [6.45, 7) is 6.51.